The number of carbonyl (C=O) groups is 3. The van der Waals surface area contributed by atoms with E-state index in [4.69, 9.17) is 11.6 Å². The Balaban J connectivity index is 1.64. The Bertz CT molecular complexity index is 1440. The molecule has 1 aromatic carbocycles. The van der Waals surface area contributed by atoms with Crippen LogP contribution in [0.25, 0.3) is 5.76 Å². The van der Waals surface area contributed by atoms with Gasteiger partial charge in [-0.1, -0.05) is 0 Å². The Morgan fingerprint density at radius 2 is 1.74 bits per heavy atom. The van der Waals surface area contributed by atoms with Crippen LogP contribution in [0, 0.1) is 11.8 Å². The van der Waals surface area contributed by atoms with Crippen molar-refractivity contribution < 1.29 is 34.8 Å². The maximum absolute atomic E-state index is 14.1. The normalized spacial score (nSPS) is 28.3. The van der Waals surface area contributed by atoms with E-state index in [1.165, 1.54) is 4.90 Å². The average molecular weight is 599 g/mol. The number of hydrogen-bond acceptors (Lipinski definition) is 12. The first-order valence-corrected chi connectivity index (χ1v) is 14.5. The second-order valence-electron chi connectivity index (χ2n) is 12.8. The van der Waals surface area contributed by atoms with E-state index in [-0.39, 0.29) is 42.3 Å². The molecule has 3 aliphatic carbocycles. The molecular formula is C30H42N6O7. The van der Waals surface area contributed by atoms with Gasteiger partial charge in [0.2, 0.25) is 5.78 Å². The third kappa shape index (κ3) is 4.70. The third-order valence-corrected chi connectivity index (χ3v) is 9.77. The Labute approximate surface area is 250 Å². The molecule has 0 spiro atoms. The molecule has 1 amide bonds. The number of likely N-dealkylation sites (tertiary alicyclic amines) is 1. The number of piperidine rings is 1. The molecule has 43 heavy (non-hydrogen) atoms. The van der Waals surface area contributed by atoms with Crippen LogP contribution in [0.3, 0.4) is 0 Å². The molecule has 0 radical (unpaired) electrons. The molecule has 1 heterocycles. The summed E-state index contributed by atoms with van der Waals surface area (Å²) in [7, 11) is 8.88. The van der Waals surface area contributed by atoms with E-state index < -0.39 is 58.0 Å². The fraction of sp³-hybridized carbons (Fsp3) is 0.567. The minimum atomic E-state index is -2.68. The van der Waals surface area contributed by atoms with Gasteiger partial charge in [0.05, 0.1) is 11.6 Å². The number of nitrogens with zero attached hydrogens (tertiary/aromatic N) is 4. The highest BCUT2D eigenvalue weighted by Crippen LogP contribution is 2.54. The molecule has 1 saturated heterocycles. The molecule has 1 aliphatic heterocycles. The van der Waals surface area contributed by atoms with Crippen molar-refractivity contribution in [1.29, 1.82) is 0 Å². The molecule has 13 nitrogen and oxygen atoms in total. The molecule has 4 aliphatic rings. The summed E-state index contributed by atoms with van der Waals surface area (Å²) in [5.41, 5.74) is 3.58. The first-order chi connectivity index (χ1) is 20.1. The lowest BCUT2D eigenvalue weighted by Gasteiger charge is -2.50. The van der Waals surface area contributed by atoms with Gasteiger partial charge in [-0.25, -0.2) is 5.01 Å². The largest absolute Gasteiger partial charge is 0.508 e. The van der Waals surface area contributed by atoms with Gasteiger partial charge in [0, 0.05) is 49.4 Å². The zero-order valence-electron chi connectivity index (χ0n) is 25.3. The number of aliphatic hydroxyl groups excluding tert-OH is 2. The number of Topliss-reactive ketones (excluding diaryl/α,β-unsaturated/α-hetero) is 2. The van der Waals surface area contributed by atoms with E-state index in [1.54, 1.807) is 19.1 Å². The molecule has 1 unspecified atom stereocenters. The smallest absolute Gasteiger partial charge is 0.255 e. The summed E-state index contributed by atoms with van der Waals surface area (Å²) in [6.45, 7) is 1.99. The molecule has 13 heteroatoms. The van der Waals surface area contributed by atoms with Crippen molar-refractivity contribution in [2.75, 3.05) is 53.2 Å². The number of hydrogen-bond donors (Lipinski definition) is 6. The number of phenols is 1. The first kappa shape index (κ1) is 31.0. The molecule has 234 valence electrons. The van der Waals surface area contributed by atoms with E-state index >= 15 is 0 Å². The summed E-state index contributed by atoms with van der Waals surface area (Å²) in [5.74, 6) is -0.206. The summed E-state index contributed by atoms with van der Waals surface area (Å²) < 4.78 is 0. The van der Waals surface area contributed by atoms with Crippen molar-refractivity contribution in [3.63, 3.8) is 0 Å². The topological polar surface area (TPSA) is 197 Å². The Morgan fingerprint density at radius 1 is 1.12 bits per heavy atom. The molecule has 2 fully saturated rings. The zero-order chi connectivity index (χ0) is 31.7. The lowest BCUT2D eigenvalue weighted by atomic mass is 9.57. The van der Waals surface area contributed by atoms with Crippen molar-refractivity contribution in [2.24, 2.45) is 23.4 Å². The van der Waals surface area contributed by atoms with Crippen LogP contribution < -0.4 is 16.5 Å². The molecule has 5 rings (SSSR count). The maximum atomic E-state index is 14.1. The number of carbonyl (C=O) groups excluding carboxylic acids is 3. The quantitative estimate of drug-likeness (QED) is 0.144. The predicted molar refractivity (Wildman–Crippen MR) is 159 cm³/mol. The van der Waals surface area contributed by atoms with Gasteiger partial charge in [-0.15, -0.1) is 0 Å². The number of anilines is 1. The van der Waals surface area contributed by atoms with Crippen LogP contribution in [0.5, 0.6) is 5.75 Å². The van der Waals surface area contributed by atoms with Crippen molar-refractivity contribution in [3.05, 3.63) is 39.7 Å². The first-order valence-electron chi connectivity index (χ1n) is 14.5. The minimum absolute atomic E-state index is 0.0356. The number of amides is 1. The van der Waals surface area contributed by atoms with E-state index in [0.717, 1.165) is 31.6 Å². The van der Waals surface area contributed by atoms with Gasteiger partial charge in [0.25, 0.3) is 5.91 Å². The van der Waals surface area contributed by atoms with E-state index in [1.807, 2.05) is 25.1 Å². The number of fused-ring (bicyclic) bond motifs is 3. The fourth-order valence-electron chi connectivity index (χ4n) is 7.52. The summed E-state index contributed by atoms with van der Waals surface area (Å²) in [5, 5.41) is 47.8. The number of ketones is 2. The second-order valence-corrected chi connectivity index (χ2v) is 12.8. The van der Waals surface area contributed by atoms with Gasteiger partial charge in [-0.05, 0) is 77.5 Å². The van der Waals surface area contributed by atoms with Crippen molar-refractivity contribution >= 4 is 28.9 Å². The molecular weight excluding hydrogens is 556 g/mol. The molecule has 0 aromatic heterocycles. The lowest BCUT2D eigenvalue weighted by molar-refractivity contribution is -0.153. The molecule has 0 bridgehead atoms. The highest BCUT2D eigenvalue weighted by atomic mass is 16.3. The summed E-state index contributed by atoms with van der Waals surface area (Å²) in [6, 6.07) is 0.810. The lowest BCUT2D eigenvalue weighted by Crippen LogP contribution is -2.65. The fourth-order valence-corrected chi connectivity index (χ4v) is 7.52. The van der Waals surface area contributed by atoms with Crippen LogP contribution in [-0.2, 0) is 27.3 Å². The van der Waals surface area contributed by atoms with Crippen LogP contribution >= 0.6 is 0 Å². The number of phenolic OH excluding ortho intramolecular Hbond substituents is 1. The number of likely N-dealkylation sites (N-methyl/N-ethyl adjacent to an activating group) is 1. The van der Waals surface area contributed by atoms with Crippen molar-refractivity contribution in [2.45, 2.75) is 49.9 Å². The standard InChI is InChI=1S/C30H42N6O7/c1-33(2)19-12-15(13-36(32)16-6-8-35(5)9-7-16)24(37)21-17(19)10-14-11-18-23(34(3)4)26(39)22(29(31)42)28(41)30(18,43)27(40)20(14)25(21)38/h12,14,16,18,23,37-38,41,43H,6-11,13,32H2,1-5H3,(H2,31,42)/t14-,18-,23?,30-/m0/s1. The van der Waals surface area contributed by atoms with E-state index in [0.29, 0.717) is 11.1 Å². The number of rotatable bonds is 6. The van der Waals surface area contributed by atoms with Gasteiger partial charge in [0.1, 0.15) is 22.8 Å². The maximum Gasteiger partial charge on any atom is 0.255 e. The molecule has 4 atom stereocenters. The van der Waals surface area contributed by atoms with Crippen LogP contribution in [0.1, 0.15) is 36.0 Å². The summed E-state index contributed by atoms with van der Waals surface area (Å²) in [4.78, 5) is 45.2. The highest BCUT2D eigenvalue weighted by molar-refractivity contribution is 6.24. The zero-order valence-corrected chi connectivity index (χ0v) is 25.3. The molecule has 1 saturated carbocycles. The van der Waals surface area contributed by atoms with Crippen molar-refractivity contribution in [3.8, 4) is 5.75 Å². The number of primary amides is 1. The number of benzene rings is 1. The van der Waals surface area contributed by atoms with Gasteiger partial charge in [-0.3, -0.25) is 25.1 Å². The van der Waals surface area contributed by atoms with Crippen molar-refractivity contribution in [1.82, 2.24) is 14.8 Å². The van der Waals surface area contributed by atoms with Gasteiger partial charge in [0.15, 0.2) is 11.4 Å². The highest BCUT2D eigenvalue weighted by Gasteiger charge is 2.64. The number of hydrazine groups is 1. The molecule has 1 aromatic rings. The molecule has 8 N–H and O–H groups in total. The van der Waals surface area contributed by atoms with Crippen LogP contribution in [-0.4, -0.2) is 119 Å². The SMILES string of the molecule is CN1CCC(N(N)Cc2cc(N(C)C)c3c(c2O)C(O)=C2C(=O)[C@]4(O)C(O)=C(C(N)=O)C(=O)C(N(C)C)[C@@H]4C[C@@H]2C3)CC1. The van der Waals surface area contributed by atoms with Crippen LogP contribution in [0.4, 0.5) is 5.69 Å². The summed E-state index contributed by atoms with van der Waals surface area (Å²) >= 11 is 0. The number of nitrogens with two attached hydrogens (primary N) is 2. The summed E-state index contributed by atoms with van der Waals surface area (Å²) in [6.07, 6.45) is 1.99. The Kier molecular flexibility index (Phi) is 7.84. The number of aliphatic hydroxyl groups is 3. The Morgan fingerprint density at radius 3 is 2.30 bits per heavy atom. The average Bonchev–Trinajstić information content (AvgIpc) is 2.92. The Hall–Kier alpha value is -3.49. The van der Waals surface area contributed by atoms with E-state index in [2.05, 4.69) is 11.9 Å². The van der Waals surface area contributed by atoms with Gasteiger partial charge >= 0.3 is 0 Å². The van der Waals surface area contributed by atoms with Gasteiger partial charge < -0.3 is 36.0 Å². The number of aromatic hydroxyl groups is 1. The minimum Gasteiger partial charge on any atom is -0.508 e. The third-order valence-electron chi connectivity index (χ3n) is 9.77. The predicted octanol–water partition coefficient (Wildman–Crippen LogP) is -0.200. The monoisotopic (exact) mass is 598 g/mol. The van der Waals surface area contributed by atoms with Gasteiger partial charge in [-0.2, -0.15) is 0 Å². The second kappa shape index (κ2) is 10.9. The van der Waals surface area contributed by atoms with Crippen LogP contribution in [0.15, 0.2) is 23.0 Å². The van der Waals surface area contributed by atoms with Crippen LogP contribution in [0.2, 0.25) is 0 Å². The van der Waals surface area contributed by atoms with E-state index in [9.17, 15) is 34.8 Å².